The standard InChI is InChI=1S/C16H22F2O/c1-15(2,3)11-7-9-16(19,10-8-11)14-12(17)5-4-6-13(14)18/h4-6,11,19H,7-10H2,1-3H3. The van der Waals surface area contributed by atoms with Crippen molar-refractivity contribution in [1.82, 2.24) is 0 Å². The fourth-order valence-corrected chi connectivity index (χ4v) is 3.15. The van der Waals surface area contributed by atoms with E-state index in [4.69, 9.17) is 0 Å². The molecule has 1 aliphatic carbocycles. The van der Waals surface area contributed by atoms with Gasteiger partial charge in [0.05, 0.1) is 11.2 Å². The Morgan fingerprint density at radius 3 is 2.00 bits per heavy atom. The van der Waals surface area contributed by atoms with Crippen LogP contribution < -0.4 is 0 Å². The third kappa shape index (κ3) is 2.81. The van der Waals surface area contributed by atoms with Crippen LogP contribution in [0.1, 0.15) is 52.0 Å². The lowest BCUT2D eigenvalue weighted by molar-refractivity contribution is -0.0348. The minimum absolute atomic E-state index is 0.151. The van der Waals surface area contributed by atoms with E-state index < -0.39 is 17.2 Å². The van der Waals surface area contributed by atoms with Gasteiger partial charge in [0.2, 0.25) is 0 Å². The topological polar surface area (TPSA) is 20.2 Å². The zero-order chi connectivity index (χ0) is 14.3. The molecule has 1 aromatic carbocycles. The average Bonchev–Trinajstić information content (AvgIpc) is 2.27. The molecule has 1 aromatic rings. The van der Waals surface area contributed by atoms with Crippen LogP contribution in [0.3, 0.4) is 0 Å². The molecule has 0 unspecified atom stereocenters. The summed E-state index contributed by atoms with van der Waals surface area (Å²) in [7, 11) is 0. The van der Waals surface area contributed by atoms with Gasteiger partial charge in [-0.25, -0.2) is 8.78 Å². The molecule has 3 heteroatoms. The minimum atomic E-state index is -1.35. The second-order valence-corrected chi connectivity index (χ2v) is 6.77. The Kier molecular flexibility index (Phi) is 3.69. The molecule has 1 N–H and O–H groups in total. The predicted octanol–water partition coefficient (Wildman–Crippen LogP) is 4.39. The van der Waals surface area contributed by atoms with E-state index in [2.05, 4.69) is 20.8 Å². The van der Waals surface area contributed by atoms with E-state index in [1.807, 2.05) is 0 Å². The first-order valence-electron chi connectivity index (χ1n) is 6.91. The van der Waals surface area contributed by atoms with Crippen LogP contribution in [0.25, 0.3) is 0 Å². The fraction of sp³-hybridized carbons (Fsp3) is 0.625. The van der Waals surface area contributed by atoms with Gasteiger partial charge < -0.3 is 5.11 Å². The highest BCUT2D eigenvalue weighted by molar-refractivity contribution is 5.26. The summed E-state index contributed by atoms with van der Waals surface area (Å²) < 4.78 is 27.6. The van der Waals surface area contributed by atoms with Crippen molar-refractivity contribution in [3.63, 3.8) is 0 Å². The molecule has 19 heavy (non-hydrogen) atoms. The normalized spacial score (nSPS) is 28.4. The zero-order valence-electron chi connectivity index (χ0n) is 11.8. The number of hydrogen-bond acceptors (Lipinski definition) is 1. The van der Waals surface area contributed by atoms with E-state index in [1.165, 1.54) is 18.2 Å². The molecule has 1 nitrogen and oxygen atoms in total. The Hall–Kier alpha value is -0.960. The van der Waals surface area contributed by atoms with Crippen molar-refractivity contribution in [3.05, 3.63) is 35.4 Å². The van der Waals surface area contributed by atoms with Crippen molar-refractivity contribution >= 4 is 0 Å². The summed E-state index contributed by atoms with van der Waals surface area (Å²) in [4.78, 5) is 0. The van der Waals surface area contributed by atoms with Crippen molar-refractivity contribution in [2.75, 3.05) is 0 Å². The number of aliphatic hydroxyl groups is 1. The maximum atomic E-state index is 13.8. The Morgan fingerprint density at radius 2 is 1.58 bits per heavy atom. The van der Waals surface area contributed by atoms with Crippen LogP contribution in [-0.2, 0) is 5.60 Å². The summed E-state index contributed by atoms with van der Waals surface area (Å²) in [6.45, 7) is 6.52. The van der Waals surface area contributed by atoms with Gasteiger partial charge in [-0.15, -0.1) is 0 Å². The SMILES string of the molecule is CC(C)(C)C1CCC(O)(c2c(F)cccc2F)CC1. The van der Waals surface area contributed by atoms with Gasteiger partial charge in [-0.2, -0.15) is 0 Å². The van der Waals surface area contributed by atoms with E-state index in [9.17, 15) is 13.9 Å². The first-order chi connectivity index (χ1) is 8.74. The molecule has 1 saturated carbocycles. The summed E-state index contributed by atoms with van der Waals surface area (Å²) in [6.07, 6.45) is 2.45. The molecular weight excluding hydrogens is 246 g/mol. The third-order valence-electron chi connectivity index (χ3n) is 4.47. The second kappa shape index (κ2) is 4.86. The number of halogens is 2. The van der Waals surface area contributed by atoms with Gasteiger partial charge in [-0.05, 0) is 49.1 Å². The maximum Gasteiger partial charge on any atom is 0.132 e. The van der Waals surface area contributed by atoms with Gasteiger partial charge in [0.25, 0.3) is 0 Å². The van der Waals surface area contributed by atoms with E-state index in [1.54, 1.807) is 0 Å². The molecule has 0 amide bonds. The minimum Gasteiger partial charge on any atom is -0.385 e. The van der Waals surface area contributed by atoms with E-state index >= 15 is 0 Å². The molecule has 0 radical (unpaired) electrons. The smallest absolute Gasteiger partial charge is 0.132 e. The molecule has 0 atom stereocenters. The van der Waals surface area contributed by atoms with E-state index in [0.29, 0.717) is 18.8 Å². The quantitative estimate of drug-likeness (QED) is 0.801. The largest absolute Gasteiger partial charge is 0.385 e. The van der Waals surface area contributed by atoms with Gasteiger partial charge in [0.15, 0.2) is 0 Å². The van der Waals surface area contributed by atoms with Gasteiger partial charge >= 0.3 is 0 Å². The molecule has 1 aliphatic rings. The van der Waals surface area contributed by atoms with Crippen LogP contribution in [0.5, 0.6) is 0 Å². The van der Waals surface area contributed by atoms with Crippen molar-refractivity contribution < 1.29 is 13.9 Å². The average molecular weight is 268 g/mol. The monoisotopic (exact) mass is 268 g/mol. The highest BCUT2D eigenvalue weighted by Gasteiger charge is 2.41. The van der Waals surface area contributed by atoms with Crippen LogP contribution in [0, 0.1) is 23.0 Å². The lowest BCUT2D eigenvalue weighted by atomic mass is 9.67. The van der Waals surface area contributed by atoms with E-state index in [0.717, 1.165) is 12.8 Å². The highest BCUT2D eigenvalue weighted by atomic mass is 19.1. The van der Waals surface area contributed by atoms with Crippen molar-refractivity contribution in [3.8, 4) is 0 Å². The third-order valence-corrected chi connectivity index (χ3v) is 4.47. The fourth-order valence-electron chi connectivity index (χ4n) is 3.15. The summed E-state index contributed by atoms with van der Waals surface area (Å²) in [5.74, 6) is -0.795. The number of hydrogen-bond donors (Lipinski definition) is 1. The first kappa shape index (κ1) is 14.4. The van der Waals surface area contributed by atoms with Crippen molar-refractivity contribution in [1.29, 1.82) is 0 Å². The van der Waals surface area contributed by atoms with Crippen LogP contribution in [0.15, 0.2) is 18.2 Å². The highest BCUT2D eigenvalue weighted by Crippen LogP contribution is 2.46. The second-order valence-electron chi connectivity index (χ2n) is 6.77. The van der Waals surface area contributed by atoms with Crippen LogP contribution in [0.2, 0.25) is 0 Å². The predicted molar refractivity (Wildman–Crippen MR) is 71.7 cm³/mol. The van der Waals surface area contributed by atoms with Gasteiger partial charge in [-0.3, -0.25) is 0 Å². The molecule has 0 spiro atoms. The van der Waals surface area contributed by atoms with Crippen LogP contribution in [-0.4, -0.2) is 5.11 Å². The molecule has 106 valence electrons. The molecule has 1 fully saturated rings. The van der Waals surface area contributed by atoms with Gasteiger partial charge in [0, 0.05) is 0 Å². The van der Waals surface area contributed by atoms with Crippen LogP contribution in [0.4, 0.5) is 8.78 Å². The van der Waals surface area contributed by atoms with Crippen molar-refractivity contribution in [2.45, 2.75) is 52.1 Å². The summed E-state index contributed by atoms with van der Waals surface area (Å²) in [5.41, 5.74) is -1.32. The Balaban J connectivity index is 2.23. The zero-order valence-corrected chi connectivity index (χ0v) is 11.8. The van der Waals surface area contributed by atoms with E-state index in [-0.39, 0.29) is 11.0 Å². The maximum absolute atomic E-state index is 13.8. The van der Waals surface area contributed by atoms with Gasteiger partial charge in [0.1, 0.15) is 11.6 Å². The summed E-state index contributed by atoms with van der Waals surface area (Å²) >= 11 is 0. The Labute approximate surface area is 113 Å². The molecule has 2 rings (SSSR count). The Morgan fingerprint density at radius 1 is 1.11 bits per heavy atom. The Bertz CT molecular complexity index is 434. The molecule has 0 aromatic heterocycles. The van der Waals surface area contributed by atoms with Crippen molar-refractivity contribution in [2.24, 2.45) is 11.3 Å². The van der Waals surface area contributed by atoms with Crippen LogP contribution >= 0.6 is 0 Å². The number of benzene rings is 1. The molecular formula is C16H22F2O. The van der Waals surface area contributed by atoms with Gasteiger partial charge in [-0.1, -0.05) is 26.8 Å². The molecule has 0 bridgehead atoms. The lowest BCUT2D eigenvalue weighted by Gasteiger charge is -2.41. The number of rotatable bonds is 1. The lowest BCUT2D eigenvalue weighted by Crippen LogP contribution is -2.36. The molecule has 0 aliphatic heterocycles. The summed E-state index contributed by atoms with van der Waals surface area (Å²) in [6, 6.07) is 3.76. The first-order valence-corrected chi connectivity index (χ1v) is 6.91. The molecule has 0 heterocycles. The summed E-state index contributed by atoms with van der Waals surface area (Å²) in [5, 5.41) is 10.6. The molecule has 0 saturated heterocycles.